The SMILES string of the molecule is O=C(COc1ccc(F)cc1F)N1CCN(S(=O)(=O)c2ccccc2Cl)CC1. The molecule has 0 spiro atoms. The maximum atomic E-state index is 13.5. The van der Waals surface area contributed by atoms with Gasteiger partial charge in [-0.1, -0.05) is 23.7 Å². The standard InChI is InChI=1S/C18H17ClF2N2O4S/c19-14-3-1-2-4-17(14)28(25,26)23-9-7-22(8-10-23)18(24)12-27-16-6-5-13(20)11-15(16)21/h1-6,11H,7-10,12H2. The molecule has 0 atom stereocenters. The van der Waals surface area contributed by atoms with Crippen molar-refractivity contribution in [1.29, 1.82) is 0 Å². The Bertz CT molecular complexity index is 979. The molecule has 2 aromatic carbocycles. The summed E-state index contributed by atoms with van der Waals surface area (Å²) in [7, 11) is -3.76. The van der Waals surface area contributed by atoms with Crippen molar-refractivity contribution >= 4 is 27.5 Å². The number of sulfonamides is 1. The van der Waals surface area contributed by atoms with Gasteiger partial charge in [-0.3, -0.25) is 4.79 Å². The maximum Gasteiger partial charge on any atom is 0.260 e. The summed E-state index contributed by atoms with van der Waals surface area (Å²) in [6.45, 7) is 0.101. The van der Waals surface area contributed by atoms with Crippen LogP contribution in [0.3, 0.4) is 0 Å². The zero-order valence-electron chi connectivity index (χ0n) is 14.6. The minimum absolute atomic E-state index is 0.0200. The van der Waals surface area contributed by atoms with Crippen LogP contribution in [0.1, 0.15) is 0 Å². The highest BCUT2D eigenvalue weighted by atomic mass is 35.5. The second-order valence-corrected chi connectivity index (χ2v) is 8.39. The minimum Gasteiger partial charge on any atom is -0.481 e. The third-order valence-electron chi connectivity index (χ3n) is 4.29. The van der Waals surface area contributed by atoms with Crippen LogP contribution < -0.4 is 4.74 Å². The molecule has 1 heterocycles. The largest absolute Gasteiger partial charge is 0.481 e. The normalized spacial score (nSPS) is 15.5. The molecule has 1 fully saturated rings. The fourth-order valence-corrected chi connectivity index (χ4v) is 4.71. The summed E-state index contributed by atoms with van der Waals surface area (Å²) in [5, 5.41) is 0.135. The van der Waals surface area contributed by atoms with E-state index in [-0.39, 0.29) is 41.8 Å². The smallest absolute Gasteiger partial charge is 0.260 e. The lowest BCUT2D eigenvalue weighted by Gasteiger charge is -2.34. The van der Waals surface area contributed by atoms with E-state index in [1.807, 2.05) is 0 Å². The topological polar surface area (TPSA) is 66.9 Å². The molecule has 3 rings (SSSR count). The molecule has 2 aromatic rings. The Kier molecular flexibility index (Phi) is 6.17. The highest BCUT2D eigenvalue weighted by molar-refractivity contribution is 7.89. The van der Waals surface area contributed by atoms with Gasteiger partial charge in [0.1, 0.15) is 10.7 Å². The lowest BCUT2D eigenvalue weighted by atomic mass is 10.3. The van der Waals surface area contributed by atoms with Gasteiger partial charge in [-0.2, -0.15) is 4.31 Å². The Labute approximate surface area is 166 Å². The van der Waals surface area contributed by atoms with E-state index in [2.05, 4.69) is 0 Å². The number of ether oxygens (including phenoxy) is 1. The molecule has 1 saturated heterocycles. The number of carbonyl (C=O) groups excluding carboxylic acids is 1. The highest BCUT2D eigenvalue weighted by Gasteiger charge is 2.31. The molecule has 0 radical (unpaired) electrons. The van der Waals surface area contributed by atoms with Crippen LogP contribution in [-0.2, 0) is 14.8 Å². The van der Waals surface area contributed by atoms with Crippen molar-refractivity contribution < 1.29 is 26.7 Å². The molecule has 0 saturated carbocycles. The molecule has 0 unspecified atom stereocenters. The minimum atomic E-state index is -3.76. The van der Waals surface area contributed by atoms with Gasteiger partial charge in [0.05, 0.1) is 5.02 Å². The number of hydrogen-bond donors (Lipinski definition) is 0. The molecule has 0 N–H and O–H groups in total. The summed E-state index contributed by atoms with van der Waals surface area (Å²) in [6.07, 6.45) is 0. The van der Waals surface area contributed by atoms with E-state index in [0.29, 0.717) is 6.07 Å². The van der Waals surface area contributed by atoms with Gasteiger partial charge in [-0.25, -0.2) is 17.2 Å². The van der Waals surface area contributed by atoms with Crippen molar-refractivity contribution in [3.8, 4) is 5.75 Å². The fourth-order valence-electron chi connectivity index (χ4n) is 2.79. The van der Waals surface area contributed by atoms with E-state index in [4.69, 9.17) is 16.3 Å². The van der Waals surface area contributed by atoms with Gasteiger partial charge in [0.25, 0.3) is 5.91 Å². The Hall–Kier alpha value is -2.23. The molecule has 28 heavy (non-hydrogen) atoms. The van der Waals surface area contributed by atoms with Crippen molar-refractivity contribution in [1.82, 2.24) is 9.21 Å². The Balaban J connectivity index is 1.57. The molecule has 1 aliphatic heterocycles. The van der Waals surface area contributed by atoms with E-state index < -0.39 is 34.2 Å². The van der Waals surface area contributed by atoms with E-state index in [0.717, 1.165) is 12.1 Å². The number of benzene rings is 2. The number of carbonyl (C=O) groups is 1. The van der Waals surface area contributed by atoms with E-state index in [1.54, 1.807) is 12.1 Å². The van der Waals surface area contributed by atoms with Crippen molar-refractivity contribution in [2.45, 2.75) is 4.90 Å². The number of piperazine rings is 1. The summed E-state index contributed by atoms with van der Waals surface area (Å²) in [5.41, 5.74) is 0. The average molecular weight is 431 g/mol. The van der Waals surface area contributed by atoms with Crippen LogP contribution >= 0.6 is 11.6 Å². The number of amides is 1. The highest BCUT2D eigenvalue weighted by Crippen LogP contribution is 2.25. The van der Waals surface area contributed by atoms with Crippen LogP contribution in [0.25, 0.3) is 0 Å². The summed E-state index contributed by atoms with van der Waals surface area (Å²) in [5.74, 6) is -2.29. The molecule has 150 valence electrons. The number of rotatable bonds is 5. The molecule has 1 aliphatic rings. The first-order valence-corrected chi connectivity index (χ1v) is 10.2. The van der Waals surface area contributed by atoms with Gasteiger partial charge >= 0.3 is 0 Å². The van der Waals surface area contributed by atoms with Gasteiger partial charge in [0.2, 0.25) is 10.0 Å². The molecular formula is C18H17ClF2N2O4S. The molecule has 0 bridgehead atoms. The first-order chi connectivity index (χ1) is 13.3. The lowest BCUT2D eigenvalue weighted by molar-refractivity contribution is -0.134. The number of hydrogen-bond acceptors (Lipinski definition) is 4. The van der Waals surface area contributed by atoms with Crippen LogP contribution in [0.5, 0.6) is 5.75 Å². The summed E-state index contributed by atoms with van der Waals surface area (Å²) >= 11 is 5.99. The molecule has 0 aliphatic carbocycles. The molecule has 0 aromatic heterocycles. The summed E-state index contributed by atoms with van der Waals surface area (Å²) in [4.78, 5) is 13.7. The average Bonchev–Trinajstić information content (AvgIpc) is 2.67. The van der Waals surface area contributed by atoms with Crippen LogP contribution in [0, 0.1) is 11.6 Å². The quantitative estimate of drug-likeness (QED) is 0.731. The van der Waals surface area contributed by atoms with Crippen molar-refractivity contribution in [3.05, 3.63) is 59.1 Å². The van der Waals surface area contributed by atoms with Crippen LogP contribution in [0.2, 0.25) is 5.02 Å². The monoisotopic (exact) mass is 430 g/mol. The Morgan fingerprint density at radius 1 is 1.07 bits per heavy atom. The molecule has 1 amide bonds. The number of halogens is 3. The van der Waals surface area contributed by atoms with E-state index in [1.165, 1.54) is 21.3 Å². The molecular weight excluding hydrogens is 414 g/mol. The lowest BCUT2D eigenvalue weighted by Crippen LogP contribution is -2.51. The van der Waals surface area contributed by atoms with Crippen molar-refractivity contribution in [2.24, 2.45) is 0 Å². The first-order valence-electron chi connectivity index (χ1n) is 8.39. The van der Waals surface area contributed by atoms with Gasteiger partial charge in [-0.15, -0.1) is 0 Å². The first kappa shape index (κ1) is 20.5. The summed E-state index contributed by atoms with van der Waals surface area (Å²) < 4.78 is 58.2. The maximum absolute atomic E-state index is 13.5. The van der Waals surface area contributed by atoms with Gasteiger partial charge in [-0.05, 0) is 24.3 Å². The molecule has 10 heteroatoms. The van der Waals surface area contributed by atoms with Crippen molar-refractivity contribution in [2.75, 3.05) is 32.8 Å². The Morgan fingerprint density at radius 2 is 1.75 bits per heavy atom. The van der Waals surface area contributed by atoms with E-state index >= 15 is 0 Å². The molecule has 6 nitrogen and oxygen atoms in total. The Morgan fingerprint density at radius 3 is 2.39 bits per heavy atom. The van der Waals surface area contributed by atoms with Gasteiger partial charge in [0.15, 0.2) is 18.2 Å². The zero-order chi connectivity index (χ0) is 20.3. The summed E-state index contributed by atoms with van der Waals surface area (Å²) in [6, 6.07) is 8.96. The van der Waals surface area contributed by atoms with Crippen LogP contribution in [0.15, 0.2) is 47.4 Å². The van der Waals surface area contributed by atoms with Gasteiger partial charge < -0.3 is 9.64 Å². The fraction of sp³-hybridized carbons (Fsp3) is 0.278. The zero-order valence-corrected chi connectivity index (χ0v) is 16.2. The van der Waals surface area contributed by atoms with Crippen LogP contribution in [-0.4, -0.2) is 56.3 Å². The third-order valence-corrected chi connectivity index (χ3v) is 6.69. The van der Waals surface area contributed by atoms with Crippen LogP contribution in [0.4, 0.5) is 8.78 Å². The predicted molar refractivity (Wildman–Crippen MR) is 98.6 cm³/mol. The predicted octanol–water partition coefficient (Wildman–Crippen LogP) is 2.53. The third kappa shape index (κ3) is 4.43. The van der Waals surface area contributed by atoms with Gasteiger partial charge in [0, 0.05) is 32.2 Å². The second kappa shape index (κ2) is 8.42. The van der Waals surface area contributed by atoms with Crippen molar-refractivity contribution in [3.63, 3.8) is 0 Å². The van der Waals surface area contributed by atoms with E-state index in [9.17, 15) is 22.0 Å². The second-order valence-electron chi connectivity index (χ2n) is 6.08. The number of nitrogens with zero attached hydrogens (tertiary/aromatic N) is 2.